The quantitative estimate of drug-likeness (QED) is 0.636. The lowest BCUT2D eigenvalue weighted by molar-refractivity contribution is -0.139. The summed E-state index contributed by atoms with van der Waals surface area (Å²) in [4.78, 5) is 25.1. The average molecular weight is 299 g/mol. The first kappa shape index (κ1) is 17.8. The molecule has 1 aliphatic carbocycles. The molecule has 0 saturated heterocycles. The molecular formula is C15H29N3O3. The van der Waals surface area contributed by atoms with Gasteiger partial charge in [-0.2, -0.15) is 0 Å². The molecule has 1 unspecified atom stereocenters. The van der Waals surface area contributed by atoms with Gasteiger partial charge >= 0.3 is 12.0 Å². The highest BCUT2D eigenvalue weighted by atomic mass is 16.4. The predicted octanol–water partition coefficient (Wildman–Crippen LogP) is 1.66. The number of likely N-dealkylation sites (N-methyl/N-ethyl adjacent to an activating group) is 1. The third-order valence-electron chi connectivity index (χ3n) is 4.01. The van der Waals surface area contributed by atoms with Crippen LogP contribution >= 0.6 is 0 Å². The van der Waals surface area contributed by atoms with E-state index in [9.17, 15) is 9.59 Å². The molecule has 0 heterocycles. The molecule has 1 rings (SSSR count). The number of amides is 2. The Morgan fingerprint density at radius 1 is 1.29 bits per heavy atom. The molecule has 122 valence electrons. The van der Waals surface area contributed by atoms with Gasteiger partial charge in [0.1, 0.15) is 6.04 Å². The second kappa shape index (κ2) is 8.87. The van der Waals surface area contributed by atoms with Gasteiger partial charge in [0, 0.05) is 19.1 Å². The molecule has 0 spiro atoms. The lowest BCUT2D eigenvalue weighted by Crippen LogP contribution is -2.48. The number of hydrogen-bond acceptors (Lipinski definition) is 3. The molecule has 21 heavy (non-hydrogen) atoms. The summed E-state index contributed by atoms with van der Waals surface area (Å²) in [7, 11) is 2.08. The molecule has 0 radical (unpaired) electrons. The molecule has 6 nitrogen and oxygen atoms in total. The molecule has 1 fully saturated rings. The zero-order valence-electron chi connectivity index (χ0n) is 13.4. The maximum absolute atomic E-state index is 11.7. The summed E-state index contributed by atoms with van der Waals surface area (Å²) >= 11 is 0. The first-order valence-corrected chi connectivity index (χ1v) is 7.87. The molecular weight excluding hydrogens is 270 g/mol. The number of nitrogens with one attached hydrogen (secondary N) is 2. The van der Waals surface area contributed by atoms with E-state index in [0.717, 1.165) is 6.54 Å². The lowest BCUT2D eigenvalue weighted by atomic mass is 10.0. The largest absolute Gasteiger partial charge is 0.480 e. The SMILES string of the molecule is CC(C)CC(NC(=O)NCCN(C)C1CCCC1)C(=O)O. The van der Waals surface area contributed by atoms with Crippen LogP contribution in [0.15, 0.2) is 0 Å². The van der Waals surface area contributed by atoms with E-state index in [0.29, 0.717) is 19.0 Å². The van der Waals surface area contributed by atoms with Gasteiger partial charge in [-0.1, -0.05) is 26.7 Å². The van der Waals surface area contributed by atoms with Gasteiger partial charge < -0.3 is 20.6 Å². The molecule has 2 amide bonds. The summed E-state index contributed by atoms with van der Waals surface area (Å²) in [5.41, 5.74) is 0. The number of urea groups is 1. The van der Waals surface area contributed by atoms with Crippen molar-refractivity contribution in [2.75, 3.05) is 20.1 Å². The van der Waals surface area contributed by atoms with Crippen LogP contribution in [-0.2, 0) is 4.79 Å². The second-order valence-electron chi connectivity index (χ2n) is 6.34. The van der Waals surface area contributed by atoms with Crippen molar-refractivity contribution in [2.24, 2.45) is 5.92 Å². The van der Waals surface area contributed by atoms with Crippen LogP contribution in [0.3, 0.4) is 0 Å². The van der Waals surface area contributed by atoms with Crippen LogP contribution in [0.5, 0.6) is 0 Å². The summed E-state index contributed by atoms with van der Waals surface area (Å²) < 4.78 is 0. The van der Waals surface area contributed by atoms with Gasteiger partial charge in [-0.3, -0.25) is 0 Å². The minimum absolute atomic E-state index is 0.222. The highest BCUT2D eigenvalue weighted by Crippen LogP contribution is 2.21. The first-order chi connectivity index (χ1) is 9.90. The van der Waals surface area contributed by atoms with Crippen LogP contribution in [0.2, 0.25) is 0 Å². The molecule has 0 aromatic carbocycles. The van der Waals surface area contributed by atoms with Gasteiger partial charge in [-0.25, -0.2) is 9.59 Å². The zero-order valence-corrected chi connectivity index (χ0v) is 13.4. The third-order valence-corrected chi connectivity index (χ3v) is 4.01. The molecule has 1 aliphatic rings. The number of carboxylic acids is 1. The fourth-order valence-corrected chi connectivity index (χ4v) is 2.78. The Bertz CT molecular complexity index is 341. The topological polar surface area (TPSA) is 81.7 Å². The molecule has 1 saturated carbocycles. The monoisotopic (exact) mass is 299 g/mol. The fourth-order valence-electron chi connectivity index (χ4n) is 2.78. The van der Waals surface area contributed by atoms with E-state index < -0.39 is 18.0 Å². The molecule has 1 atom stereocenters. The number of carbonyl (C=O) groups excluding carboxylic acids is 1. The predicted molar refractivity (Wildman–Crippen MR) is 82.3 cm³/mol. The van der Waals surface area contributed by atoms with Gasteiger partial charge in [0.05, 0.1) is 0 Å². The smallest absolute Gasteiger partial charge is 0.326 e. The number of rotatable bonds is 8. The average Bonchev–Trinajstić information content (AvgIpc) is 2.91. The van der Waals surface area contributed by atoms with Crippen LogP contribution < -0.4 is 10.6 Å². The molecule has 0 aliphatic heterocycles. The van der Waals surface area contributed by atoms with E-state index in [1.54, 1.807) is 0 Å². The summed E-state index contributed by atoms with van der Waals surface area (Å²) in [6.45, 7) is 5.20. The molecule has 3 N–H and O–H groups in total. The third kappa shape index (κ3) is 6.80. The van der Waals surface area contributed by atoms with E-state index in [1.165, 1.54) is 25.7 Å². The Morgan fingerprint density at radius 2 is 1.90 bits per heavy atom. The van der Waals surface area contributed by atoms with Crippen LogP contribution in [0.1, 0.15) is 46.0 Å². The van der Waals surface area contributed by atoms with Gasteiger partial charge in [0.25, 0.3) is 0 Å². The van der Waals surface area contributed by atoms with Crippen molar-refractivity contribution in [1.82, 2.24) is 15.5 Å². The van der Waals surface area contributed by atoms with Crippen LogP contribution in [-0.4, -0.2) is 54.2 Å². The number of carbonyl (C=O) groups is 2. The number of carboxylic acid groups (broad SMARTS) is 1. The molecule has 0 bridgehead atoms. The molecule has 6 heteroatoms. The fraction of sp³-hybridized carbons (Fsp3) is 0.867. The Balaban J connectivity index is 2.24. The van der Waals surface area contributed by atoms with Crippen molar-refractivity contribution >= 4 is 12.0 Å². The standard InChI is InChI=1S/C15H29N3O3/c1-11(2)10-13(14(19)20)17-15(21)16-8-9-18(3)12-6-4-5-7-12/h11-13H,4-10H2,1-3H3,(H,19,20)(H2,16,17,21). The van der Waals surface area contributed by atoms with E-state index >= 15 is 0 Å². The Kier molecular flexibility index (Phi) is 7.50. The van der Waals surface area contributed by atoms with Crippen molar-refractivity contribution in [2.45, 2.75) is 58.0 Å². The molecule has 0 aromatic rings. The van der Waals surface area contributed by atoms with Crippen LogP contribution in [0, 0.1) is 5.92 Å². The van der Waals surface area contributed by atoms with E-state index in [1.807, 2.05) is 13.8 Å². The first-order valence-electron chi connectivity index (χ1n) is 7.87. The minimum atomic E-state index is -0.984. The van der Waals surface area contributed by atoms with Crippen LogP contribution in [0.4, 0.5) is 4.79 Å². The van der Waals surface area contributed by atoms with Crippen molar-refractivity contribution in [1.29, 1.82) is 0 Å². The highest BCUT2D eigenvalue weighted by Gasteiger charge is 2.21. The minimum Gasteiger partial charge on any atom is -0.480 e. The van der Waals surface area contributed by atoms with E-state index in [-0.39, 0.29) is 5.92 Å². The summed E-state index contributed by atoms with van der Waals surface area (Å²) in [6.07, 6.45) is 5.48. The van der Waals surface area contributed by atoms with Crippen LogP contribution in [0.25, 0.3) is 0 Å². The van der Waals surface area contributed by atoms with Crippen molar-refractivity contribution in [3.05, 3.63) is 0 Å². The molecule has 0 aromatic heterocycles. The van der Waals surface area contributed by atoms with Gasteiger partial charge in [-0.05, 0) is 32.2 Å². The normalized spacial score (nSPS) is 17.2. The van der Waals surface area contributed by atoms with Crippen molar-refractivity contribution < 1.29 is 14.7 Å². The van der Waals surface area contributed by atoms with Gasteiger partial charge in [-0.15, -0.1) is 0 Å². The van der Waals surface area contributed by atoms with E-state index in [2.05, 4.69) is 22.6 Å². The maximum Gasteiger partial charge on any atom is 0.326 e. The Morgan fingerprint density at radius 3 is 2.43 bits per heavy atom. The Hall–Kier alpha value is -1.30. The van der Waals surface area contributed by atoms with Crippen molar-refractivity contribution in [3.8, 4) is 0 Å². The second-order valence-corrected chi connectivity index (χ2v) is 6.34. The maximum atomic E-state index is 11.7. The summed E-state index contributed by atoms with van der Waals surface area (Å²) in [6, 6.07) is -0.594. The number of hydrogen-bond donors (Lipinski definition) is 3. The number of nitrogens with zero attached hydrogens (tertiary/aromatic N) is 1. The Labute approximate surface area is 127 Å². The summed E-state index contributed by atoms with van der Waals surface area (Å²) in [5.74, 6) is -0.762. The van der Waals surface area contributed by atoms with Crippen molar-refractivity contribution in [3.63, 3.8) is 0 Å². The lowest BCUT2D eigenvalue weighted by Gasteiger charge is -2.24. The van der Waals surface area contributed by atoms with Gasteiger partial charge in [0.15, 0.2) is 0 Å². The number of aliphatic carboxylic acids is 1. The van der Waals surface area contributed by atoms with Gasteiger partial charge in [0.2, 0.25) is 0 Å². The highest BCUT2D eigenvalue weighted by molar-refractivity contribution is 5.82. The zero-order chi connectivity index (χ0) is 15.8. The van der Waals surface area contributed by atoms with E-state index in [4.69, 9.17) is 5.11 Å². The summed E-state index contributed by atoms with van der Waals surface area (Å²) in [5, 5.41) is 14.3.